The zero-order valence-electron chi connectivity index (χ0n) is 12.4. The van der Waals surface area contributed by atoms with Crippen molar-refractivity contribution in [3.63, 3.8) is 0 Å². The fraction of sp³-hybridized carbons (Fsp3) is 0.769. The molecule has 0 aliphatic heterocycles. The molecule has 0 bridgehead atoms. The fourth-order valence-electron chi connectivity index (χ4n) is 1.56. The third-order valence-electron chi connectivity index (χ3n) is 2.75. The van der Waals surface area contributed by atoms with Crippen molar-refractivity contribution in [3.8, 4) is 0 Å². The molecule has 0 unspecified atom stereocenters. The molecule has 0 radical (unpaired) electrons. The topological polar surface area (TPSA) is 46.6 Å². The van der Waals surface area contributed by atoms with E-state index in [2.05, 4.69) is 29.2 Å². The molecule has 19 heavy (non-hydrogen) atoms. The van der Waals surface area contributed by atoms with Gasteiger partial charge in [0.1, 0.15) is 0 Å². The van der Waals surface area contributed by atoms with Crippen molar-refractivity contribution >= 4 is 16.5 Å². The molecule has 0 saturated carbocycles. The van der Waals surface area contributed by atoms with E-state index in [9.17, 15) is 0 Å². The van der Waals surface area contributed by atoms with Gasteiger partial charge in [0.2, 0.25) is 0 Å². The summed E-state index contributed by atoms with van der Waals surface area (Å²) in [7, 11) is 3.77. The van der Waals surface area contributed by atoms with Gasteiger partial charge in [-0.1, -0.05) is 0 Å². The summed E-state index contributed by atoms with van der Waals surface area (Å²) in [5.41, 5.74) is 1.10. The highest BCUT2D eigenvalue weighted by molar-refractivity contribution is 7.15. The molecule has 110 valence electrons. The van der Waals surface area contributed by atoms with Crippen LogP contribution < -0.4 is 10.2 Å². The Hall–Kier alpha value is -0.690. The number of ether oxygens (including phenoxy) is 2. The van der Waals surface area contributed by atoms with E-state index in [1.807, 2.05) is 6.92 Å². The summed E-state index contributed by atoms with van der Waals surface area (Å²) < 4.78 is 10.4. The standard InChI is InChI=1S/C13H25N3O2S/c1-5-18-9-7-16(3)13-15-11(2)12(19-13)10-14-6-8-17-4/h14H,5-10H2,1-4H3. The molecule has 0 atom stereocenters. The van der Waals surface area contributed by atoms with Crippen LogP contribution in [0.25, 0.3) is 0 Å². The van der Waals surface area contributed by atoms with Crippen LogP contribution in [0, 0.1) is 6.92 Å². The second-order valence-corrected chi connectivity index (χ2v) is 5.36. The summed E-state index contributed by atoms with van der Waals surface area (Å²) in [6.45, 7) is 8.90. The number of likely N-dealkylation sites (N-methyl/N-ethyl adjacent to an activating group) is 1. The summed E-state index contributed by atoms with van der Waals surface area (Å²) in [4.78, 5) is 8.04. The zero-order valence-corrected chi connectivity index (χ0v) is 13.2. The quantitative estimate of drug-likeness (QED) is 0.663. The van der Waals surface area contributed by atoms with Crippen LogP contribution in [0.4, 0.5) is 5.13 Å². The van der Waals surface area contributed by atoms with Gasteiger partial charge in [0.05, 0.1) is 18.9 Å². The van der Waals surface area contributed by atoms with Crippen molar-refractivity contribution in [3.05, 3.63) is 10.6 Å². The molecule has 0 saturated heterocycles. The van der Waals surface area contributed by atoms with Crippen LogP contribution in [-0.4, -0.2) is 52.1 Å². The maximum absolute atomic E-state index is 5.36. The van der Waals surface area contributed by atoms with Crippen molar-refractivity contribution in [2.45, 2.75) is 20.4 Å². The number of anilines is 1. The van der Waals surface area contributed by atoms with Gasteiger partial charge >= 0.3 is 0 Å². The lowest BCUT2D eigenvalue weighted by molar-refractivity contribution is 0.154. The van der Waals surface area contributed by atoms with Crippen LogP contribution in [0.3, 0.4) is 0 Å². The molecule has 0 amide bonds. The molecular formula is C13H25N3O2S. The van der Waals surface area contributed by atoms with Crippen LogP contribution in [0.5, 0.6) is 0 Å². The fourth-order valence-corrected chi connectivity index (χ4v) is 2.58. The number of hydrogen-bond acceptors (Lipinski definition) is 6. The highest BCUT2D eigenvalue weighted by Gasteiger charge is 2.10. The number of methoxy groups -OCH3 is 1. The van der Waals surface area contributed by atoms with Crippen molar-refractivity contribution < 1.29 is 9.47 Å². The molecule has 5 nitrogen and oxygen atoms in total. The lowest BCUT2D eigenvalue weighted by Crippen LogP contribution is -2.22. The van der Waals surface area contributed by atoms with E-state index in [1.165, 1.54) is 4.88 Å². The Morgan fingerprint density at radius 3 is 2.84 bits per heavy atom. The molecule has 1 heterocycles. The van der Waals surface area contributed by atoms with Crippen LogP contribution in [0.15, 0.2) is 0 Å². The highest BCUT2D eigenvalue weighted by Crippen LogP contribution is 2.24. The molecule has 1 aromatic rings. The van der Waals surface area contributed by atoms with Crippen molar-refractivity contribution in [1.29, 1.82) is 0 Å². The van der Waals surface area contributed by atoms with E-state index in [1.54, 1.807) is 18.4 Å². The average molecular weight is 287 g/mol. The van der Waals surface area contributed by atoms with E-state index >= 15 is 0 Å². The molecule has 0 spiro atoms. The van der Waals surface area contributed by atoms with Gasteiger partial charge in [-0.15, -0.1) is 11.3 Å². The average Bonchev–Trinajstić information content (AvgIpc) is 2.76. The third-order valence-corrected chi connectivity index (χ3v) is 4.02. The normalized spacial score (nSPS) is 10.9. The smallest absolute Gasteiger partial charge is 0.185 e. The molecule has 0 aromatic carbocycles. The van der Waals surface area contributed by atoms with Crippen LogP contribution in [0.2, 0.25) is 0 Å². The van der Waals surface area contributed by atoms with Gasteiger partial charge in [-0.25, -0.2) is 4.98 Å². The number of nitrogens with one attached hydrogen (secondary N) is 1. The minimum atomic E-state index is 0.735. The van der Waals surface area contributed by atoms with Gasteiger partial charge in [-0.05, 0) is 13.8 Å². The molecule has 0 aliphatic rings. The lowest BCUT2D eigenvalue weighted by atomic mass is 10.4. The first-order valence-corrected chi connectivity index (χ1v) is 7.45. The Balaban J connectivity index is 2.43. The van der Waals surface area contributed by atoms with E-state index in [0.717, 1.165) is 50.3 Å². The monoisotopic (exact) mass is 287 g/mol. The Labute approximate surface area is 119 Å². The van der Waals surface area contributed by atoms with Crippen molar-refractivity contribution in [2.24, 2.45) is 0 Å². The van der Waals surface area contributed by atoms with E-state index in [-0.39, 0.29) is 0 Å². The molecule has 0 aliphatic carbocycles. The first kappa shape index (κ1) is 16.4. The van der Waals surface area contributed by atoms with E-state index in [0.29, 0.717) is 0 Å². The van der Waals surface area contributed by atoms with Crippen molar-refractivity contribution in [1.82, 2.24) is 10.3 Å². The first-order chi connectivity index (χ1) is 9.19. The summed E-state index contributed by atoms with van der Waals surface area (Å²) in [6.07, 6.45) is 0. The maximum Gasteiger partial charge on any atom is 0.185 e. The number of nitrogens with zero attached hydrogens (tertiary/aromatic N) is 2. The zero-order chi connectivity index (χ0) is 14.1. The number of rotatable bonds is 10. The molecule has 0 fully saturated rings. The third kappa shape index (κ3) is 5.86. The second kappa shape index (κ2) is 9.25. The van der Waals surface area contributed by atoms with Gasteiger partial charge < -0.3 is 19.7 Å². The highest BCUT2D eigenvalue weighted by atomic mass is 32.1. The van der Waals surface area contributed by atoms with Crippen molar-refractivity contribution in [2.75, 3.05) is 52.0 Å². The van der Waals surface area contributed by atoms with E-state index < -0.39 is 0 Å². The number of thiazole rings is 1. The van der Waals surface area contributed by atoms with Gasteiger partial charge in [0.25, 0.3) is 0 Å². The van der Waals surface area contributed by atoms with Gasteiger partial charge in [-0.3, -0.25) is 0 Å². The lowest BCUT2D eigenvalue weighted by Gasteiger charge is -2.14. The molecular weight excluding hydrogens is 262 g/mol. The predicted molar refractivity (Wildman–Crippen MR) is 80.2 cm³/mol. The first-order valence-electron chi connectivity index (χ1n) is 6.63. The number of hydrogen-bond donors (Lipinski definition) is 1. The van der Waals surface area contributed by atoms with Crippen LogP contribution in [0.1, 0.15) is 17.5 Å². The van der Waals surface area contributed by atoms with Gasteiger partial charge in [0, 0.05) is 45.3 Å². The molecule has 6 heteroatoms. The summed E-state index contributed by atoms with van der Waals surface area (Å²) in [6, 6.07) is 0. The van der Waals surface area contributed by atoms with E-state index in [4.69, 9.17) is 9.47 Å². The maximum atomic E-state index is 5.36. The molecule has 1 aromatic heterocycles. The minimum absolute atomic E-state index is 0.735. The van der Waals surface area contributed by atoms with Crippen LogP contribution >= 0.6 is 11.3 Å². The molecule has 1 rings (SSSR count). The minimum Gasteiger partial charge on any atom is -0.383 e. The number of aromatic nitrogens is 1. The summed E-state index contributed by atoms with van der Waals surface area (Å²) in [5.74, 6) is 0. The predicted octanol–water partition coefficient (Wildman–Crippen LogP) is 1.66. The van der Waals surface area contributed by atoms with Gasteiger partial charge in [-0.2, -0.15) is 0 Å². The Morgan fingerprint density at radius 1 is 1.37 bits per heavy atom. The van der Waals surface area contributed by atoms with Crippen LogP contribution in [-0.2, 0) is 16.0 Å². The number of aryl methyl sites for hydroxylation is 1. The SMILES string of the molecule is CCOCCN(C)c1nc(C)c(CNCCOC)s1. The Kier molecular flexibility index (Phi) is 7.97. The Morgan fingerprint density at radius 2 is 2.16 bits per heavy atom. The van der Waals surface area contributed by atoms with Gasteiger partial charge in [0.15, 0.2) is 5.13 Å². The Bertz CT molecular complexity index is 358. The second-order valence-electron chi connectivity index (χ2n) is 4.29. The summed E-state index contributed by atoms with van der Waals surface area (Å²) >= 11 is 1.74. The molecule has 1 N–H and O–H groups in total. The largest absolute Gasteiger partial charge is 0.383 e. The summed E-state index contributed by atoms with van der Waals surface area (Å²) in [5, 5.41) is 4.41.